The quantitative estimate of drug-likeness (QED) is 0.483. The smallest absolute Gasteiger partial charge is 0.287 e. The lowest BCUT2D eigenvalue weighted by atomic mass is 10.2. The third-order valence-corrected chi connectivity index (χ3v) is 2.77. The van der Waals surface area contributed by atoms with Crippen LogP contribution in [0, 0.1) is 17.0 Å². The second kappa shape index (κ2) is 6.56. The Morgan fingerprint density at radius 1 is 1.43 bits per heavy atom. The average molecular weight is 289 g/mol. The summed E-state index contributed by atoms with van der Waals surface area (Å²) >= 11 is 0. The van der Waals surface area contributed by atoms with Crippen LogP contribution in [0.4, 0.5) is 5.69 Å². The molecule has 0 saturated heterocycles. The Hall–Kier alpha value is -2.83. The van der Waals surface area contributed by atoms with Gasteiger partial charge in [-0.2, -0.15) is 0 Å². The van der Waals surface area contributed by atoms with Crippen LogP contribution in [0.2, 0.25) is 0 Å². The van der Waals surface area contributed by atoms with Crippen molar-refractivity contribution >= 4 is 11.6 Å². The van der Waals surface area contributed by atoms with Gasteiger partial charge in [0.1, 0.15) is 18.1 Å². The molecule has 1 aromatic heterocycles. The number of hydrogen-bond donors (Lipinski definition) is 2. The van der Waals surface area contributed by atoms with Gasteiger partial charge in [0.05, 0.1) is 17.7 Å². The molecular weight excluding hydrogens is 274 g/mol. The number of nitrogens with zero attached hydrogens (tertiary/aromatic N) is 1. The zero-order valence-corrected chi connectivity index (χ0v) is 11.5. The Morgan fingerprint density at radius 2 is 2.24 bits per heavy atom. The van der Waals surface area contributed by atoms with Crippen molar-refractivity contribution in [3.05, 3.63) is 57.9 Å². The summed E-state index contributed by atoms with van der Waals surface area (Å²) < 4.78 is 5.48. The molecule has 0 aliphatic heterocycles. The predicted octanol–water partition coefficient (Wildman–Crippen LogP) is 2.04. The molecule has 0 aliphatic carbocycles. The van der Waals surface area contributed by atoms with Crippen LogP contribution in [0.5, 0.6) is 5.75 Å². The highest BCUT2D eigenvalue weighted by Gasteiger charge is 2.13. The first kappa shape index (κ1) is 14.6. The number of nitrogens with one attached hydrogen (secondary N) is 2. The molecule has 0 saturated carbocycles. The first-order valence-corrected chi connectivity index (χ1v) is 6.37. The first-order valence-electron chi connectivity index (χ1n) is 6.37. The van der Waals surface area contributed by atoms with E-state index in [1.165, 1.54) is 12.3 Å². The van der Waals surface area contributed by atoms with E-state index in [1.54, 1.807) is 0 Å². The van der Waals surface area contributed by atoms with Crippen LogP contribution < -0.4 is 10.1 Å². The van der Waals surface area contributed by atoms with Gasteiger partial charge in [-0.3, -0.25) is 14.9 Å². The molecule has 1 heterocycles. The highest BCUT2D eigenvalue weighted by Crippen LogP contribution is 2.12. The molecule has 7 heteroatoms. The summed E-state index contributed by atoms with van der Waals surface area (Å²) in [6, 6.07) is 8.78. The molecule has 1 amide bonds. The molecule has 7 nitrogen and oxygen atoms in total. The van der Waals surface area contributed by atoms with Crippen LogP contribution in [0.3, 0.4) is 0 Å². The molecule has 0 spiro atoms. The molecule has 2 rings (SSSR count). The van der Waals surface area contributed by atoms with Gasteiger partial charge in [-0.1, -0.05) is 12.1 Å². The van der Waals surface area contributed by atoms with Crippen LogP contribution in [0.1, 0.15) is 16.1 Å². The molecule has 0 bridgehead atoms. The van der Waals surface area contributed by atoms with E-state index >= 15 is 0 Å². The summed E-state index contributed by atoms with van der Waals surface area (Å²) in [6.07, 6.45) is 1.18. The molecular formula is C14H15N3O4. The van der Waals surface area contributed by atoms with Crippen LogP contribution in [0.15, 0.2) is 36.5 Å². The van der Waals surface area contributed by atoms with Gasteiger partial charge in [0.25, 0.3) is 11.6 Å². The number of nitro groups is 1. The van der Waals surface area contributed by atoms with Gasteiger partial charge < -0.3 is 15.0 Å². The summed E-state index contributed by atoms with van der Waals surface area (Å²) in [6.45, 7) is 2.59. The highest BCUT2D eigenvalue weighted by molar-refractivity contribution is 5.93. The number of aryl methyl sites for hydroxylation is 1. The normalized spacial score (nSPS) is 10.1. The Bertz CT molecular complexity index is 651. The Morgan fingerprint density at radius 3 is 2.90 bits per heavy atom. The number of rotatable bonds is 6. The van der Waals surface area contributed by atoms with Crippen LogP contribution in [-0.4, -0.2) is 29.0 Å². The summed E-state index contributed by atoms with van der Waals surface area (Å²) in [4.78, 5) is 24.2. The van der Waals surface area contributed by atoms with Crippen molar-refractivity contribution in [3.8, 4) is 5.75 Å². The zero-order chi connectivity index (χ0) is 15.2. The summed E-state index contributed by atoms with van der Waals surface area (Å²) in [5.74, 6) is 0.329. The third kappa shape index (κ3) is 4.07. The molecule has 0 radical (unpaired) electrons. The maximum absolute atomic E-state index is 11.7. The van der Waals surface area contributed by atoms with Gasteiger partial charge in [0.15, 0.2) is 0 Å². The van der Waals surface area contributed by atoms with E-state index < -0.39 is 10.8 Å². The van der Waals surface area contributed by atoms with Crippen molar-refractivity contribution in [1.29, 1.82) is 0 Å². The van der Waals surface area contributed by atoms with E-state index in [0.717, 1.165) is 11.3 Å². The SMILES string of the molecule is Cc1cccc(OCCNC(=O)c2cc([N+](=O)[O-])c[nH]2)c1. The van der Waals surface area contributed by atoms with Gasteiger partial charge >= 0.3 is 0 Å². The molecule has 110 valence electrons. The fourth-order valence-electron chi connectivity index (χ4n) is 1.75. The lowest BCUT2D eigenvalue weighted by Crippen LogP contribution is -2.28. The topological polar surface area (TPSA) is 97.3 Å². The number of carbonyl (C=O) groups is 1. The van der Waals surface area contributed by atoms with Crippen LogP contribution in [-0.2, 0) is 0 Å². The second-order valence-electron chi connectivity index (χ2n) is 4.45. The summed E-state index contributed by atoms with van der Waals surface area (Å²) in [5, 5.41) is 13.1. The lowest BCUT2D eigenvalue weighted by molar-refractivity contribution is -0.384. The van der Waals surface area contributed by atoms with Gasteiger partial charge in [0, 0.05) is 6.07 Å². The number of ether oxygens (including phenoxy) is 1. The molecule has 2 N–H and O–H groups in total. The standard InChI is InChI=1S/C14H15N3O4/c1-10-3-2-4-12(7-10)21-6-5-15-14(18)13-8-11(9-16-13)17(19)20/h2-4,7-9,16H,5-6H2,1H3,(H,15,18). The van der Waals surface area contributed by atoms with Crippen LogP contribution >= 0.6 is 0 Å². The van der Waals surface area contributed by atoms with Gasteiger partial charge in [-0.25, -0.2) is 0 Å². The van der Waals surface area contributed by atoms with Crippen molar-refractivity contribution in [2.75, 3.05) is 13.2 Å². The molecule has 0 unspecified atom stereocenters. The number of carbonyl (C=O) groups excluding carboxylic acids is 1. The number of hydrogen-bond acceptors (Lipinski definition) is 4. The molecule has 0 atom stereocenters. The van der Waals surface area contributed by atoms with Gasteiger partial charge in [0.2, 0.25) is 0 Å². The van der Waals surface area contributed by atoms with Gasteiger partial charge in [-0.05, 0) is 24.6 Å². The monoisotopic (exact) mass is 289 g/mol. The lowest BCUT2D eigenvalue weighted by Gasteiger charge is -2.07. The number of amides is 1. The summed E-state index contributed by atoms with van der Waals surface area (Å²) in [7, 11) is 0. The van der Waals surface area contributed by atoms with Crippen molar-refractivity contribution in [1.82, 2.24) is 10.3 Å². The first-order chi connectivity index (χ1) is 10.1. The van der Waals surface area contributed by atoms with Gasteiger partial charge in [-0.15, -0.1) is 0 Å². The third-order valence-electron chi connectivity index (χ3n) is 2.77. The Labute approximate surface area is 121 Å². The Balaban J connectivity index is 1.77. The predicted molar refractivity (Wildman–Crippen MR) is 76.5 cm³/mol. The zero-order valence-electron chi connectivity index (χ0n) is 11.5. The highest BCUT2D eigenvalue weighted by atomic mass is 16.6. The van der Waals surface area contributed by atoms with Crippen molar-refractivity contribution < 1.29 is 14.5 Å². The average Bonchev–Trinajstić information content (AvgIpc) is 2.93. The summed E-state index contributed by atoms with van der Waals surface area (Å²) in [5.41, 5.74) is 1.10. The Kier molecular flexibility index (Phi) is 4.55. The van der Waals surface area contributed by atoms with E-state index in [2.05, 4.69) is 10.3 Å². The maximum atomic E-state index is 11.7. The van der Waals surface area contributed by atoms with Crippen LogP contribution in [0.25, 0.3) is 0 Å². The van der Waals surface area contributed by atoms with E-state index in [4.69, 9.17) is 4.74 Å². The minimum Gasteiger partial charge on any atom is -0.492 e. The molecule has 21 heavy (non-hydrogen) atoms. The van der Waals surface area contributed by atoms with E-state index in [0.29, 0.717) is 13.2 Å². The fourth-order valence-corrected chi connectivity index (χ4v) is 1.75. The largest absolute Gasteiger partial charge is 0.492 e. The number of aromatic nitrogens is 1. The van der Waals surface area contributed by atoms with Crippen molar-refractivity contribution in [2.24, 2.45) is 0 Å². The minimum atomic E-state index is -0.561. The van der Waals surface area contributed by atoms with E-state index in [-0.39, 0.29) is 11.4 Å². The number of benzene rings is 1. The molecule has 0 fully saturated rings. The number of aromatic amines is 1. The van der Waals surface area contributed by atoms with Crippen molar-refractivity contribution in [2.45, 2.75) is 6.92 Å². The molecule has 2 aromatic rings. The van der Waals surface area contributed by atoms with E-state index in [1.807, 2.05) is 31.2 Å². The maximum Gasteiger partial charge on any atom is 0.287 e. The molecule has 1 aromatic carbocycles. The van der Waals surface area contributed by atoms with E-state index in [9.17, 15) is 14.9 Å². The van der Waals surface area contributed by atoms with Crippen molar-refractivity contribution in [3.63, 3.8) is 0 Å². The fraction of sp³-hybridized carbons (Fsp3) is 0.214. The number of H-pyrrole nitrogens is 1. The molecule has 0 aliphatic rings. The minimum absolute atomic E-state index is 0.142. The second-order valence-corrected chi connectivity index (χ2v) is 4.45.